The third kappa shape index (κ3) is 6.17. The number of alkyl halides is 2. The average Bonchev–Trinajstić information content (AvgIpc) is 2.39. The lowest BCUT2D eigenvalue weighted by Gasteiger charge is -2.21. The Morgan fingerprint density at radius 3 is 2.33 bits per heavy atom. The van der Waals surface area contributed by atoms with E-state index in [1.54, 1.807) is 0 Å². The number of aliphatic hydroxyl groups is 1. The molecule has 0 unspecified atom stereocenters. The number of nitrogens with one attached hydrogen (secondary N) is 1. The summed E-state index contributed by atoms with van der Waals surface area (Å²) in [4.78, 5) is 23.1. The van der Waals surface area contributed by atoms with E-state index in [-0.39, 0.29) is 13.0 Å². The van der Waals surface area contributed by atoms with Gasteiger partial charge in [-0.2, -0.15) is 0 Å². The second kappa shape index (κ2) is 8.15. The summed E-state index contributed by atoms with van der Waals surface area (Å²) < 4.78 is 24.6. The number of carbonyl (C=O) groups excluding carboxylic acids is 1. The topological polar surface area (TPSA) is 89.9 Å². The molecule has 0 saturated carbocycles. The van der Waals surface area contributed by atoms with Crippen LogP contribution in [-0.2, 0) is 11.2 Å². The van der Waals surface area contributed by atoms with Crippen LogP contribution in [-0.4, -0.2) is 53.2 Å². The zero-order chi connectivity index (χ0) is 15.8. The van der Waals surface area contributed by atoms with Gasteiger partial charge < -0.3 is 20.4 Å². The van der Waals surface area contributed by atoms with Gasteiger partial charge in [-0.3, -0.25) is 4.79 Å². The minimum Gasteiger partial charge on any atom is -0.481 e. The van der Waals surface area contributed by atoms with Gasteiger partial charge in [-0.1, -0.05) is 12.1 Å². The van der Waals surface area contributed by atoms with E-state index in [0.29, 0.717) is 11.3 Å². The molecule has 21 heavy (non-hydrogen) atoms. The minimum atomic E-state index is -2.69. The summed E-state index contributed by atoms with van der Waals surface area (Å²) >= 11 is 0. The molecule has 0 spiro atoms. The number of amides is 2. The van der Waals surface area contributed by atoms with E-state index in [4.69, 9.17) is 10.2 Å². The molecule has 0 fully saturated rings. The molecule has 0 aliphatic rings. The van der Waals surface area contributed by atoms with Gasteiger partial charge >= 0.3 is 12.0 Å². The second-order valence-corrected chi connectivity index (χ2v) is 4.26. The van der Waals surface area contributed by atoms with Crippen LogP contribution in [0, 0.1) is 0 Å². The molecule has 6 nitrogen and oxygen atoms in total. The van der Waals surface area contributed by atoms with Gasteiger partial charge in [0, 0.05) is 12.2 Å². The van der Waals surface area contributed by atoms with Crippen molar-refractivity contribution in [3.63, 3.8) is 0 Å². The summed E-state index contributed by atoms with van der Waals surface area (Å²) in [7, 11) is 0. The molecule has 1 aromatic rings. The standard InChI is InChI=1S/C13H16F2N2O4/c14-11(15)8-17(5-6-18)13(21)16-10-3-1-9(2-4-10)7-12(19)20/h1-4,11,18H,5-8H2,(H,16,21)(H,19,20). The Hall–Kier alpha value is -2.22. The zero-order valence-electron chi connectivity index (χ0n) is 11.1. The van der Waals surface area contributed by atoms with Crippen LogP contribution in [0.5, 0.6) is 0 Å². The highest BCUT2D eigenvalue weighted by molar-refractivity contribution is 5.89. The smallest absolute Gasteiger partial charge is 0.322 e. The fourth-order valence-corrected chi connectivity index (χ4v) is 1.65. The Kier molecular flexibility index (Phi) is 6.54. The number of carboxylic acids is 1. The van der Waals surface area contributed by atoms with Crippen LogP contribution >= 0.6 is 0 Å². The molecule has 0 aliphatic carbocycles. The van der Waals surface area contributed by atoms with Crippen molar-refractivity contribution < 1.29 is 28.6 Å². The van der Waals surface area contributed by atoms with E-state index in [2.05, 4.69) is 5.32 Å². The molecule has 0 aromatic heterocycles. The van der Waals surface area contributed by atoms with Crippen molar-refractivity contribution in [3.8, 4) is 0 Å². The predicted molar refractivity (Wildman–Crippen MR) is 71.5 cm³/mol. The molecule has 0 saturated heterocycles. The van der Waals surface area contributed by atoms with Crippen LogP contribution in [0.3, 0.4) is 0 Å². The van der Waals surface area contributed by atoms with Crippen molar-refractivity contribution in [2.75, 3.05) is 25.0 Å². The fraction of sp³-hybridized carbons (Fsp3) is 0.385. The molecular formula is C13H16F2N2O4. The Labute approximate surface area is 120 Å². The van der Waals surface area contributed by atoms with Crippen molar-refractivity contribution in [1.29, 1.82) is 0 Å². The molecule has 8 heteroatoms. The molecule has 0 atom stereocenters. The third-order valence-corrected chi connectivity index (χ3v) is 2.58. The Bertz CT molecular complexity index is 480. The van der Waals surface area contributed by atoms with E-state index < -0.39 is 31.6 Å². The first-order chi connectivity index (χ1) is 9.92. The largest absolute Gasteiger partial charge is 0.481 e. The molecule has 0 heterocycles. The monoisotopic (exact) mass is 302 g/mol. The predicted octanol–water partition coefficient (Wildman–Crippen LogP) is 1.41. The number of anilines is 1. The highest BCUT2D eigenvalue weighted by Crippen LogP contribution is 2.11. The van der Waals surface area contributed by atoms with Gasteiger partial charge in [0.15, 0.2) is 0 Å². The Morgan fingerprint density at radius 1 is 1.24 bits per heavy atom. The van der Waals surface area contributed by atoms with E-state index in [9.17, 15) is 18.4 Å². The SMILES string of the molecule is O=C(O)Cc1ccc(NC(=O)N(CCO)CC(F)F)cc1. The van der Waals surface area contributed by atoms with Gasteiger partial charge in [0.05, 0.1) is 19.6 Å². The van der Waals surface area contributed by atoms with Crippen molar-refractivity contribution in [2.24, 2.45) is 0 Å². The molecule has 0 bridgehead atoms. The lowest BCUT2D eigenvalue weighted by molar-refractivity contribution is -0.136. The van der Waals surface area contributed by atoms with Gasteiger partial charge in [0.25, 0.3) is 6.43 Å². The van der Waals surface area contributed by atoms with Crippen LogP contribution in [0.25, 0.3) is 0 Å². The molecule has 0 aliphatic heterocycles. The summed E-state index contributed by atoms with van der Waals surface area (Å²) in [5.41, 5.74) is 0.909. The molecular weight excluding hydrogens is 286 g/mol. The van der Waals surface area contributed by atoms with Crippen molar-refractivity contribution in [3.05, 3.63) is 29.8 Å². The van der Waals surface area contributed by atoms with Crippen molar-refractivity contribution in [1.82, 2.24) is 4.90 Å². The number of aliphatic hydroxyl groups excluding tert-OH is 1. The van der Waals surface area contributed by atoms with Crippen molar-refractivity contribution in [2.45, 2.75) is 12.8 Å². The second-order valence-electron chi connectivity index (χ2n) is 4.26. The van der Waals surface area contributed by atoms with Crippen LogP contribution in [0.1, 0.15) is 5.56 Å². The molecule has 1 rings (SSSR count). The maximum atomic E-state index is 12.3. The number of hydrogen-bond acceptors (Lipinski definition) is 3. The first kappa shape index (κ1) is 16.8. The number of carboxylic acid groups (broad SMARTS) is 1. The van der Waals surface area contributed by atoms with Gasteiger partial charge in [0.2, 0.25) is 0 Å². The molecule has 1 aromatic carbocycles. The van der Waals surface area contributed by atoms with Gasteiger partial charge in [-0.15, -0.1) is 0 Å². The quantitative estimate of drug-likeness (QED) is 0.710. The fourth-order valence-electron chi connectivity index (χ4n) is 1.65. The lowest BCUT2D eigenvalue weighted by atomic mass is 10.1. The zero-order valence-corrected chi connectivity index (χ0v) is 11.1. The first-order valence-corrected chi connectivity index (χ1v) is 6.18. The van der Waals surface area contributed by atoms with Gasteiger partial charge in [0.1, 0.15) is 0 Å². The van der Waals surface area contributed by atoms with Crippen LogP contribution < -0.4 is 5.32 Å². The van der Waals surface area contributed by atoms with E-state index in [0.717, 1.165) is 4.90 Å². The number of nitrogens with zero attached hydrogens (tertiary/aromatic N) is 1. The summed E-state index contributed by atoms with van der Waals surface area (Å²) in [5, 5.41) is 19.8. The average molecular weight is 302 g/mol. The van der Waals surface area contributed by atoms with Crippen molar-refractivity contribution >= 4 is 17.7 Å². The number of carbonyl (C=O) groups is 2. The van der Waals surface area contributed by atoms with E-state index in [1.807, 2.05) is 0 Å². The maximum Gasteiger partial charge on any atom is 0.322 e. The number of hydrogen-bond donors (Lipinski definition) is 3. The molecule has 3 N–H and O–H groups in total. The van der Waals surface area contributed by atoms with E-state index in [1.165, 1.54) is 24.3 Å². The summed E-state index contributed by atoms with van der Waals surface area (Å²) in [5.74, 6) is -0.974. The highest BCUT2D eigenvalue weighted by atomic mass is 19.3. The summed E-state index contributed by atoms with van der Waals surface area (Å²) in [6.45, 7) is -1.39. The third-order valence-electron chi connectivity index (χ3n) is 2.58. The van der Waals surface area contributed by atoms with Crippen LogP contribution in [0.15, 0.2) is 24.3 Å². The number of aliphatic carboxylic acids is 1. The number of benzene rings is 1. The van der Waals surface area contributed by atoms with Crippen LogP contribution in [0.4, 0.5) is 19.3 Å². The minimum absolute atomic E-state index is 0.143. The summed E-state index contributed by atoms with van der Waals surface area (Å²) in [6, 6.07) is 5.25. The number of halogens is 2. The first-order valence-electron chi connectivity index (χ1n) is 6.18. The number of urea groups is 1. The van der Waals surface area contributed by atoms with Gasteiger partial charge in [-0.05, 0) is 17.7 Å². The molecule has 116 valence electrons. The molecule has 2 amide bonds. The maximum absolute atomic E-state index is 12.3. The Morgan fingerprint density at radius 2 is 1.86 bits per heavy atom. The van der Waals surface area contributed by atoms with Crippen LogP contribution in [0.2, 0.25) is 0 Å². The van der Waals surface area contributed by atoms with Gasteiger partial charge in [-0.25, -0.2) is 13.6 Å². The summed E-state index contributed by atoms with van der Waals surface area (Å²) in [6.07, 6.45) is -2.84. The Balaban J connectivity index is 2.65. The normalized spacial score (nSPS) is 10.5. The molecule has 0 radical (unpaired) electrons. The lowest BCUT2D eigenvalue weighted by Crippen LogP contribution is -2.40. The highest BCUT2D eigenvalue weighted by Gasteiger charge is 2.17. The number of rotatable bonds is 7. The van der Waals surface area contributed by atoms with E-state index >= 15 is 0 Å².